The van der Waals surface area contributed by atoms with Crippen LogP contribution in [0, 0.1) is 9.49 Å². The van der Waals surface area contributed by atoms with Crippen LogP contribution >= 0.6 is 22.6 Å². The Bertz CT molecular complexity index is 784. The maximum atomic E-state index is 12.7. The number of benzene rings is 2. The number of hydrogen-bond donors (Lipinski definition) is 2. The molecule has 0 aromatic heterocycles. The molecule has 1 fully saturated rings. The number of hydrogen-bond acceptors (Lipinski definition) is 3. The van der Waals surface area contributed by atoms with Crippen LogP contribution in [0.25, 0.3) is 0 Å². The van der Waals surface area contributed by atoms with Crippen molar-refractivity contribution < 1.29 is 9.59 Å². The van der Waals surface area contributed by atoms with Crippen molar-refractivity contribution in [2.75, 3.05) is 30.8 Å². The second-order valence-electron chi connectivity index (χ2n) is 6.61. The minimum absolute atomic E-state index is 0.0714. The zero-order valence-corrected chi connectivity index (χ0v) is 16.8. The molecule has 1 aliphatic rings. The first-order chi connectivity index (χ1) is 12.5. The van der Waals surface area contributed by atoms with Gasteiger partial charge in [0.05, 0.1) is 0 Å². The molecule has 0 spiro atoms. The number of anilines is 2. The summed E-state index contributed by atoms with van der Waals surface area (Å²) >= 11 is 2.21. The van der Waals surface area contributed by atoms with E-state index in [0.717, 1.165) is 35.2 Å². The molecule has 1 aliphatic heterocycles. The van der Waals surface area contributed by atoms with Crippen LogP contribution in [-0.2, 0) is 0 Å². The summed E-state index contributed by atoms with van der Waals surface area (Å²) in [6.45, 7) is 1.90. The van der Waals surface area contributed by atoms with Gasteiger partial charge in [0, 0.05) is 26.4 Å². The molecule has 0 radical (unpaired) electrons. The Kier molecular flexibility index (Phi) is 6.26. The Morgan fingerprint density at radius 2 is 1.65 bits per heavy atom. The number of halogens is 1. The molecule has 0 aliphatic carbocycles. The van der Waals surface area contributed by atoms with Gasteiger partial charge in [-0.1, -0.05) is 12.1 Å². The molecule has 6 heteroatoms. The lowest BCUT2D eigenvalue weighted by atomic mass is 9.89. The van der Waals surface area contributed by atoms with Gasteiger partial charge in [-0.25, -0.2) is 4.79 Å². The largest absolute Gasteiger partial charge is 0.323 e. The molecular formula is C20H22IN3O2. The van der Waals surface area contributed by atoms with E-state index in [-0.39, 0.29) is 17.7 Å². The Morgan fingerprint density at radius 3 is 2.35 bits per heavy atom. The van der Waals surface area contributed by atoms with Gasteiger partial charge in [0.25, 0.3) is 0 Å². The monoisotopic (exact) mass is 463 g/mol. The van der Waals surface area contributed by atoms with Crippen molar-refractivity contribution >= 4 is 45.8 Å². The first-order valence-corrected chi connectivity index (χ1v) is 9.75. The standard InChI is InChI=1S/C20H22IN3O2/c1-24-11-9-14(10-12-24)19(25)15-3-2-4-18(13-15)23-20(26)22-17-7-5-16(21)6-8-17/h2-8,13-14H,9-12H2,1H3,(H2,22,23,26). The molecule has 3 rings (SSSR count). The number of rotatable bonds is 4. The van der Waals surface area contributed by atoms with Gasteiger partial charge in [0.2, 0.25) is 0 Å². The second-order valence-corrected chi connectivity index (χ2v) is 7.85. The third kappa shape index (κ3) is 5.04. The van der Waals surface area contributed by atoms with Crippen LogP contribution < -0.4 is 10.6 Å². The third-order valence-electron chi connectivity index (χ3n) is 4.60. The highest BCUT2D eigenvalue weighted by Gasteiger charge is 2.24. The van der Waals surface area contributed by atoms with Gasteiger partial charge in [0.15, 0.2) is 5.78 Å². The first kappa shape index (κ1) is 18.8. The molecule has 136 valence electrons. The first-order valence-electron chi connectivity index (χ1n) is 8.67. The number of carbonyl (C=O) groups excluding carboxylic acids is 2. The fourth-order valence-corrected chi connectivity index (χ4v) is 3.44. The average Bonchev–Trinajstić information content (AvgIpc) is 2.64. The summed E-state index contributed by atoms with van der Waals surface area (Å²) < 4.78 is 1.11. The predicted molar refractivity (Wildman–Crippen MR) is 113 cm³/mol. The van der Waals surface area contributed by atoms with Crippen molar-refractivity contribution in [3.63, 3.8) is 0 Å². The molecule has 2 aromatic carbocycles. The topological polar surface area (TPSA) is 61.4 Å². The molecular weight excluding hydrogens is 441 g/mol. The van der Waals surface area contributed by atoms with Crippen LogP contribution in [0.1, 0.15) is 23.2 Å². The zero-order valence-electron chi connectivity index (χ0n) is 14.7. The number of nitrogens with one attached hydrogen (secondary N) is 2. The van der Waals surface area contributed by atoms with Gasteiger partial charge in [-0.2, -0.15) is 0 Å². The zero-order chi connectivity index (χ0) is 18.5. The summed E-state index contributed by atoms with van der Waals surface area (Å²) in [5.41, 5.74) is 2.00. The number of urea groups is 1. The minimum Gasteiger partial charge on any atom is -0.308 e. The minimum atomic E-state index is -0.324. The van der Waals surface area contributed by atoms with Crippen LogP contribution in [0.5, 0.6) is 0 Å². The van der Waals surface area contributed by atoms with Crippen molar-refractivity contribution in [1.29, 1.82) is 0 Å². The highest BCUT2D eigenvalue weighted by Crippen LogP contribution is 2.22. The van der Waals surface area contributed by atoms with E-state index in [9.17, 15) is 9.59 Å². The summed E-state index contributed by atoms with van der Waals surface area (Å²) in [5.74, 6) is 0.238. The maximum Gasteiger partial charge on any atom is 0.323 e. The molecule has 1 heterocycles. The Hall–Kier alpha value is -1.93. The lowest BCUT2D eigenvalue weighted by Gasteiger charge is -2.28. The molecule has 2 N–H and O–H groups in total. The highest BCUT2D eigenvalue weighted by atomic mass is 127. The number of nitrogens with zero attached hydrogens (tertiary/aromatic N) is 1. The predicted octanol–water partition coefficient (Wildman–Crippen LogP) is 4.46. The van der Waals surface area contributed by atoms with Gasteiger partial charge in [-0.05, 0) is 92.0 Å². The number of ketones is 1. The average molecular weight is 463 g/mol. The van der Waals surface area contributed by atoms with Crippen LogP contribution in [0.2, 0.25) is 0 Å². The van der Waals surface area contributed by atoms with Crippen LogP contribution in [0.15, 0.2) is 48.5 Å². The van der Waals surface area contributed by atoms with E-state index in [1.807, 2.05) is 36.4 Å². The number of likely N-dealkylation sites (tertiary alicyclic amines) is 1. The van der Waals surface area contributed by atoms with E-state index >= 15 is 0 Å². The summed E-state index contributed by atoms with van der Waals surface area (Å²) in [7, 11) is 2.08. The second kappa shape index (κ2) is 8.64. The third-order valence-corrected chi connectivity index (χ3v) is 5.32. The molecule has 0 saturated carbocycles. The quantitative estimate of drug-likeness (QED) is 0.520. The molecule has 0 atom stereocenters. The van der Waals surface area contributed by atoms with Crippen LogP contribution in [0.4, 0.5) is 16.2 Å². The maximum absolute atomic E-state index is 12.7. The molecule has 0 bridgehead atoms. The van der Waals surface area contributed by atoms with Gasteiger partial charge < -0.3 is 15.5 Å². The van der Waals surface area contributed by atoms with Gasteiger partial charge >= 0.3 is 6.03 Å². The van der Waals surface area contributed by atoms with Crippen molar-refractivity contribution in [2.24, 2.45) is 5.92 Å². The Balaban J connectivity index is 1.62. The Morgan fingerprint density at radius 1 is 1.00 bits per heavy atom. The number of amides is 2. The van der Waals surface area contributed by atoms with Crippen molar-refractivity contribution in [3.05, 3.63) is 57.7 Å². The van der Waals surface area contributed by atoms with Crippen molar-refractivity contribution in [3.8, 4) is 0 Å². The van der Waals surface area contributed by atoms with Gasteiger partial charge in [0.1, 0.15) is 0 Å². The van der Waals surface area contributed by atoms with Crippen LogP contribution in [-0.4, -0.2) is 36.9 Å². The summed E-state index contributed by atoms with van der Waals surface area (Å²) in [4.78, 5) is 27.1. The highest BCUT2D eigenvalue weighted by molar-refractivity contribution is 14.1. The van der Waals surface area contributed by atoms with E-state index in [4.69, 9.17) is 0 Å². The molecule has 26 heavy (non-hydrogen) atoms. The van der Waals surface area contributed by atoms with E-state index < -0.39 is 0 Å². The lowest BCUT2D eigenvalue weighted by molar-refractivity contribution is 0.0857. The van der Waals surface area contributed by atoms with Crippen molar-refractivity contribution in [1.82, 2.24) is 4.90 Å². The lowest BCUT2D eigenvalue weighted by Crippen LogP contribution is -2.33. The molecule has 5 nitrogen and oxygen atoms in total. The normalized spacial score (nSPS) is 15.5. The molecule has 2 amide bonds. The van der Waals surface area contributed by atoms with E-state index in [0.29, 0.717) is 11.3 Å². The van der Waals surface area contributed by atoms with Gasteiger partial charge in [-0.15, -0.1) is 0 Å². The summed E-state index contributed by atoms with van der Waals surface area (Å²) in [5, 5.41) is 5.59. The van der Waals surface area contributed by atoms with E-state index in [2.05, 4.69) is 45.2 Å². The fraction of sp³-hybridized carbons (Fsp3) is 0.300. The molecule has 0 unspecified atom stereocenters. The van der Waals surface area contributed by atoms with E-state index in [1.165, 1.54) is 0 Å². The summed E-state index contributed by atoms with van der Waals surface area (Å²) in [6, 6.07) is 14.4. The number of carbonyl (C=O) groups is 2. The molecule has 2 aromatic rings. The van der Waals surface area contributed by atoms with Crippen molar-refractivity contribution in [2.45, 2.75) is 12.8 Å². The number of piperidine rings is 1. The smallest absolute Gasteiger partial charge is 0.308 e. The number of Topliss-reactive ketones (excluding diaryl/α,β-unsaturated/α-hetero) is 1. The van der Waals surface area contributed by atoms with Gasteiger partial charge in [-0.3, -0.25) is 4.79 Å². The SMILES string of the molecule is CN1CCC(C(=O)c2cccc(NC(=O)Nc3ccc(I)cc3)c2)CC1. The summed E-state index contributed by atoms with van der Waals surface area (Å²) in [6.07, 6.45) is 1.78. The van der Waals surface area contributed by atoms with E-state index in [1.54, 1.807) is 12.1 Å². The fourth-order valence-electron chi connectivity index (χ4n) is 3.08. The van der Waals surface area contributed by atoms with Crippen LogP contribution in [0.3, 0.4) is 0 Å². The Labute approximate surface area is 167 Å². The molecule has 1 saturated heterocycles.